The highest BCUT2D eigenvalue weighted by atomic mass is 79.9. The molecule has 0 amide bonds. The topological polar surface area (TPSA) is 76.3 Å². The molecule has 6 heteroatoms. The van der Waals surface area contributed by atoms with E-state index in [2.05, 4.69) is 15.9 Å². The first kappa shape index (κ1) is 16.7. The minimum atomic E-state index is -0.198. The average Bonchev–Trinajstić information content (AvgIpc) is 3.29. The lowest BCUT2D eigenvalue weighted by molar-refractivity contribution is 1.07. The van der Waals surface area contributed by atoms with Crippen LogP contribution in [0.1, 0.15) is 5.69 Å². The van der Waals surface area contributed by atoms with E-state index in [1.165, 1.54) is 0 Å². The lowest BCUT2D eigenvalue weighted by Gasteiger charge is -2.13. The molecule has 0 atom stereocenters. The van der Waals surface area contributed by atoms with Crippen LogP contribution in [0.25, 0.3) is 21.8 Å². The molecule has 2 aromatic heterocycles. The van der Waals surface area contributed by atoms with Crippen LogP contribution in [0.5, 0.6) is 0 Å². The van der Waals surface area contributed by atoms with Crippen molar-refractivity contribution in [1.29, 1.82) is 15.8 Å². The molecule has 3 rings (SSSR count). The molecule has 0 N–H and O–H groups in total. The third-order valence-corrected chi connectivity index (χ3v) is 5.00. The Hall–Kier alpha value is -3.11. The first-order chi connectivity index (χ1) is 12.2. The molecular weight excluding hydrogens is 396 g/mol. The van der Waals surface area contributed by atoms with Crippen LogP contribution in [-0.2, 0) is 0 Å². The van der Waals surface area contributed by atoms with Gasteiger partial charge in [-0.05, 0) is 47.8 Å². The second kappa shape index (κ2) is 7.20. The Morgan fingerprint density at radius 2 is 1.64 bits per heavy atom. The third kappa shape index (κ3) is 3.12. The number of nitrogens with zero attached hydrogens (tertiary/aromatic N) is 4. The number of nitriles is 3. The Labute approximate surface area is 157 Å². The lowest BCUT2D eigenvalue weighted by atomic mass is 10.1. The fraction of sp³-hybridized carbons (Fsp3) is 0. The molecule has 0 saturated carbocycles. The molecule has 0 aliphatic carbocycles. The Morgan fingerprint density at radius 3 is 2.20 bits per heavy atom. The molecule has 1 aromatic carbocycles. The average molecular weight is 405 g/mol. The number of allylic oxidation sites excluding steroid dienone is 2. The lowest BCUT2D eigenvalue weighted by Crippen LogP contribution is -2.02. The summed E-state index contributed by atoms with van der Waals surface area (Å²) in [5.74, 6) is 0. The molecule has 0 fully saturated rings. The number of hydrogen-bond acceptors (Lipinski definition) is 4. The van der Waals surface area contributed by atoms with Crippen molar-refractivity contribution in [2.75, 3.05) is 0 Å². The van der Waals surface area contributed by atoms with Crippen LogP contribution in [0, 0.1) is 34.0 Å². The summed E-state index contributed by atoms with van der Waals surface area (Å²) in [5.41, 5.74) is 2.13. The maximum atomic E-state index is 9.54. The van der Waals surface area contributed by atoms with Gasteiger partial charge in [-0.25, -0.2) is 0 Å². The molecular formula is C19H9BrN4S. The van der Waals surface area contributed by atoms with Crippen molar-refractivity contribution in [3.8, 4) is 34.5 Å². The summed E-state index contributed by atoms with van der Waals surface area (Å²) in [6.45, 7) is 0. The first-order valence-corrected chi connectivity index (χ1v) is 8.83. The smallest absolute Gasteiger partial charge is 0.149 e. The van der Waals surface area contributed by atoms with Crippen molar-refractivity contribution in [2.45, 2.75) is 0 Å². The van der Waals surface area contributed by atoms with Gasteiger partial charge < -0.3 is 4.57 Å². The van der Waals surface area contributed by atoms with Crippen molar-refractivity contribution in [1.82, 2.24) is 4.57 Å². The summed E-state index contributed by atoms with van der Waals surface area (Å²) in [6.07, 6.45) is 0. The van der Waals surface area contributed by atoms with Crippen LogP contribution in [0.4, 0.5) is 0 Å². The van der Waals surface area contributed by atoms with Crippen LogP contribution < -0.4 is 0 Å². The SMILES string of the molecule is N#CC(C#N)=C(C#N)c1ccc(-c2cccs2)n1-c1ccc(Br)cc1. The van der Waals surface area contributed by atoms with Gasteiger partial charge in [0.2, 0.25) is 0 Å². The number of thiophene rings is 1. The van der Waals surface area contributed by atoms with E-state index in [0.717, 1.165) is 20.7 Å². The van der Waals surface area contributed by atoms with Crippen LogP contribution in [0.15, 0.2) is 64.0 Å². The largest absolute Gasteiger partial charge is 0.308 e. The highest BCUT2D eigenvalue weighted by Crippen LogP contribution is 2.33. The summed E-state index contributed by atoms with van der Waals surface area (Å²) in [4.78, 5) is 1.03. The zero-order valence-corrected chi connectivity index (χ0v) is 15.2. The molecule has 0 aliphatic rings. The molecule has 3 aromatic rings. The van der Waals surface area contributed by atoms with E-state index in [-0.39, 0.29) is 11.1 Å². The van der Waals surface area contributed by atoms with E-state index >= 15 is 0 Å². The fourth-order valence-electron chi connectivity index (χ4n) is 2.49. The van der Waals surface area contributed by atoms with Gasteiger partial charge in [-0.1, -0.05) is 22.0 Å². The van der Waals surface area contributed by atoms with E-state index in [1.54, 1.807) is 17.4 Å². The standard InChI is InChI=1S/C19H9BrN4S/c20-14-3-5-15(6-4-14)24-17(16(12-23)13(10-21)11-22)7-8-18(24)19-2-1-9-25-19/h1-9H. The molecule has 4 nitrogen and oxygen atoms in total. The summed E-state index contributed by atoms with van der Waals surface area (Å²) in [7, 11) is 0. The summed E-state index contributed by atoms with van der Waals surface area (Å²) < 4.78 is 2.83. The number of aromatic nitrogens is 1. The van der Waals surface area contributed by atoms with E-state index < -0.39 is 0 Å². The normalized spacial score (nSPS) is 9.68. The Balaban J connectivity index is 2.34. The second-order valence-electron chi connectivity index (χ2n) is 4.98. The number of halogens is 1. The van der Waals surface area contributed by atoms with Gasteiger partial charge in [0.1, 0.15) is 29.4 Å². The summed E-state index contributed by atoms with van der Waals surface area (Å²) in [5, 5.41) is 29.9. The van der Waals surface area contributed by atoms with Crippen molar-refractivity contribution < 1.29 is 0 Å². The predicted octanol–water partition coefficient (Wildman–Crippen LogP) is 5.29. The van der Waals surface area contributed by atoms with Gasteiger partial charge in [0.25, 0.3) is 0 Å². The van der Waals surface area contributed by atoms with E-state index in [9.17, 15) is 15.8 Å². The molecule has 25 heavy (non-hydrogen) atoms. The van der Waals surface area contributed by atoms with Gasteiger partial charge in [-0.2, -0.15) is 15.8 Å². The van der Waals surface area contributed by atoms with Gasteiger partial charge in [0.05, 0.1) is 16.3 Å². The van der Waals surface area contributed by atoms with E-state index in [4.69, 9.17) is 0 Å². The first-order valence-electron chi connectivity index (χ1n) is 7.16. The maximum Gasteiger partial charge on any atom is 0.149 e. The van der Waals surface area contributed by atoms with Gasteiger partial charge in [0.15, 0.2) is 0 Å². The summed E-state index contributed by atoms with van der Waals surface area (Å²) >= 11 is 5.00. The molecule has 0 aliphatic heterocycles. The number of benzene rings is 1. The minimum Gasteiger partial charge on any atom is -0.308 e. The number of rotatable bonds is 3. The van der Waals surface area contributed by atoms with Gasteiger partial charge in [-0.3, -0.25) is 0 Å². The highest BCUT2D eigenvalue weighted by molar-refractivity contribution is 9.10. The van der Waals surface area contributed by atoms with Gasteiger partial charge in [-0.15, -0.1) is 11.3 Å². The molecule has 0 spiro atoms. The van der Waals surface area contributed by atoms with Crippen molar-refractivity contribution in [3.05, 3.63) is 69.7 Å². The highest BCUT2D eigenvalue weighted by Gasteiger charge is 2.18. The van der Waals surface area contributed by atoms with Crippen LogP contribution >= 0.6 is 27.3 Å². The Bertz CT molecular complexity index is 1050. The van der Waals surface area contributed by atoms with E-state index in [0.29, 0.717) is 5.69 Å². The molecule has 0 radical (unpaired) electrons. The zero-order chi connectivity index (χ0) is 17.8. The molecule has 0 bridgehead atoms. The van der Waals surface area contributed by atoms with Gasteiger partial charge in [0, 0.05) is 10.2 Å². The van der Waals surface area contributed by atoms with Gasteiger partial charge >= 0.3 is 0 Å². The van der Waals surface area contributed by atoms with Crippen molar-refractivity contribution >= 4 is 32.8 Å². The van der Waals surface area contributed by atoms with Crippen LogP contribution in [0.2, 0.25) is 0 Å². The molecule has 2 heterocycles. The Morgan fingerprint density at radius 1 is 0.920 bits per heavy atom. The molecule has 0 saturated heterocycles. The fourth-order valence-corrected chi connectivity index (χ4v) is 3.50. The molecule has 118 valence electrons. The van der Waals surface area contributed by atoms with Crippen molar-refractivity contribution in [2.24, 2.45) is 0 Å². The maximum absolute atomic E-state index is 9.54. The minimum absolute atomic E-state index is 0.0655. The molecule has 0 unspecified atom stereocenters. The quantitative estimate of drug-likeness (QED) is 0.556. The van der Waals surface area contributed by atoms with Crippen molar-refractivity contribution in [3.63, 3.8) is 0 Å². The zero-order valence-electron chi connectivity index (χ0n) is 12.8. The Kier molecular flexibility index (Phi) is 4.82. The summed E-state index contributed by atoms with van der Waals surface area (Å²) in [6, 6.07) is 20.9. The van der Waals surface area contributed by atoms with E-state index in [1.807, 2.05) is 70.6 Å². The monoisotopic (exact) mass is 404 g/mol. The predicted molar refractivity (Wildman–Crippen MR) is 101 cm³/mol. The number of hydrogen-bond donors (Lipinski definition) is 0. The third-order valence-electron chi connectivity index (χ3n) is 3.58. The second-order valence-corrected chi connectivity index (χ2v) is 6.84. The van der Waals surface area contributed by atoms with Crippen LogP contribution in [-0.4, -0.2) is 4.57 Å². The van der Waals surface area contributed by atoms with Crippen LogP contribution in [0.3, 0.4) is 0 Å².